The minimum atomic E-state index is -4.02. The Hall–Kier alpha value is -1.81. The lowest BCUT2D eigenvalue weighted by molar-refractivity contribution is -0.399. The smallest absolute Gasteiger partial charge is 0.466 e. The molecule has 0 aromatic heterocycles. The summed E-state index contributed by atoms with van der Waals surface area (Å²) < 4.78 is 32.9. The number of rotatable bonds is 4. The minimum absolute atomic E-state index is 0.0137. The van der Waals surface area contributed by atoms with Crippen molar-refractivity contribution in [3.63, 3.8) is 0 Å². The number of imide groups is 1. The van der Waals surface area contributed by atoms with Crippen LogP contribution in [0.25, 0.3) is 0 Å². The molecule has 2 aliphatic heterocycles. The second-order valence-electron chi connectivity index (χ2n) is 5.85. The van der Waals surface area contributed by atoms with E-state index < -0.39 is 39.1 Å². The molecule has 1 fully saturated rings. The maximum atomic E-state index is 12.8. The van der Waals surface area contributed by atoms with Crippen molar-refractivity contribution in [1.82, 2.24) is 9.21 Å². The van der Waals surface area contributed by atoms with Gasteiger partial charge in [-0.3, -0.25) is 4.79 Å². The number of esters is 1. The fourth-order valence-corrected chi connectivity index (χ4v) is 4.69. The highest BCUT2D eigenvalue weighted by molar-refractivity contribution is 7.91. The maximum absolute atomic E-state index is 12.8. The van der Waals surface area contributed by atoms with Gasteiger partial charge in [0, 0.05) is 13.1 Å². The molecule has 2 rings (SSSR count). The Morgan fingerprint density at radius 2 is 2.08 bits per heavy atom. The van der Waals surface area contributed by atoms with Gasteiger partial charge in [-0.15, -0.1) is 0 Å². The van der Waals surface area contributed by atoms with Crippen LogP contribution in [-0.4, -0.2) is 85.4 Å². The predicted molar refractivity (Wildman–Crippen MR) is 84.1 cm³/mol. The molecular weight excluding hydrogens is 338 g/mol. The van der Waals surface area contributed by atoms with Crippen LogP contribution in [0.2, 0.25) is 0 Å². The number of hydrogen-bond donors (Lipinski definition) is 0. The molecule has 0 aromatic carbocycles. The SMILES string of the molecule is CCOC(=O)C1CCCN(S(=O)(=O)C2C=[N+](C)C(=O)N(C)C2=O)C1. The fourth-order valence-electron chi connectivity index (χ4n) is 2.84. The summed E-state index contributed by atoms with van der Waals surface area (Å²) in [5, 5.41) is -1.47. The Balaban J connectivity index is 2.25. The van der Waals surface area contributed by atoms with Crippen molar-refractivity contribution in [3.05, 3.63) is 0 Å². The Labute approximate surface area is 140 Å². The van der Waals surface area contributed by atoms with Crippen molar-refractivity contribution in [3.8, 4) is 0 Å². The lowest BCUT2D eigenvalue weighted by Crippen LogP contribution is -2.57. The second kappa shape index (κ2) is 6.98. The molecule has 0 bridgehead atoms. The first-order valence-electron chi connectivity index (χ1n) is 7.75. The summed E-state index contributed by atoms with van der Waals surface area (Å²) in [6.07, 6.45) is 2.16. The predicted octanol–water partition coefficient (Wildman–Crippen LogP) is -0.735. The fraction of sp³-hybridized carbons (Fsp3) is 0.714. The molecule has 0 spiro atoms. The highest BCUT2D eigenvalue weighted by Crippen LogP contribution is 2.23. The van der Waals surface area contributed by atoms with Gasteiger partial charge in [0.15, 0.2) is 0 Å². The molecule has 1 saturated heterocycles. The molecule has 0 saturated carbocycles. The normalized spacial score (nSPS) is 26.3. The van der Waals surface area contributed by atoms with Crippen LogP contribution in [0, 0.1) is 5.92 Å². The number of carbonyl (C=O) groups excluding carboxylic acids is 3. The molecule has 134 valence electrons. The molecule has 0 N–H and O–H groups in total. The van der Waals surface area contributed by atoms with E-state index in [1.807, 2.05) is 0 Å². The second-order valence-corrected chi connectivity index (χ2v) is 7.91. The number of ether oxygens (including phenoxy) is 1. The Bertz CT molecular complexity index is 687. The van der Waals surface area contributed by atoms with Crippen LogP contribution in [-0.2, 0) is 24.3 Å². The van der Waals surface area contributed by atoms with E-state index in [0.717, 1.165) is 20.0 Å². The molecule has 2 heterocycles. The highest BCUT2D eigenvalue weighted by Gasteiger charge is 2.49. The highest BCUT2D eigenvalue weighted by atomic mass is 32.2. The average molecular weight is 360 g/mol. The zero-order valence-corrected chi connectivity index (χ0v) is 14.8. The van der Waals surface area contributed by atoms with E-state index in [4.69, 9.17) is 4.74 Å². The van der Waals surface area contributed by atoms with E-state index in [2.05, 4.69) is 0 Å². The summed E-state index contributed by atoms with van der Waals surface area (Å²) >= 11 is 0. The van der Waals surface area contributed by atoms with E-state index >= 15 is 0 Å². The van der Waals surface area contributed by atoms with E-state index in [9.17, 15) is 22.8 Å². The van der Waals surface area contributed by atoms with Gasteiger partial charge in [-0.05, 0) is 19.8 Å². The summed E-state index contributed by atoms with van der Waals surface area (Å²) in [7, 11) is -1.38. The number of piperidine rings is 1. The third-order valence-electron chi connectivity index (χ3n) is 4.21. The summed E-state index contributed by atoms with van der Waals surface area (Å²) in [5.74, 6) is -1.76. The first kappa shape index (κ1) is 18.5. The number of hydrogen-bond acceptors (Lipinski definition) is 6. The van der Waals surface area contributed by atoms with Crippen LogP contribution in [0.15, 0.2) is 0 Å². The van der Waals surface area contributed by atoms with Crippen LogP contribution < -0.4 is 0 Å². The summed E-state index contributed by atoms with van der Waals surface area (Å²) in [5.41, 5.74) is 0. The third kappa shape index (κ3) is 3.34. The first-order chi connectivity index (χ1) is 11.2. The number of sulfonamides is 1. The molecule has 10 heteroatoms. The summed E-state index contributed by atoms with van der Waals surface area (Å²) in [4.78, 5) is 36.6. The van der Waals surface area contributed by atoms with Gasteiger partial charge in [-0.2, -0.15) is 14.0 Å². The minimum Gasteiger partial charge on any atom is -0.466 e. The molecule has 3 amide bonds. The van der Waals surface area contributed by atoms with Crippen molar-refractivity contribution in [1.29, 1.82) is 0 Å². The molecule has 2 unspecified atom stereocenters. The molecule has 0 radical (unpaired) electrons. The number of amides is 3. The lowest BCUT2D eigenvalue weighted by Gasteiger charge is -2.32. The lowest BCUT2D eigenvalue weighted by atomic mass is 10.0. The third-order valence-corrected chi connectivity index (χ3v) is 6.22. The van der Waals surface area contributed by atoms with Gasteiger partial charge in [0.2, 0.25) is 15.3 Å². The number of carbonyl (C=O) groups is 3. The average Bonchev–Trinajstić information content (AvgIpc) is 2.56. The summed E-state index contributed by atoms with van der Waals surface area (Å²) in [6.45, 7) is 2.14. The van der Waals surface area contributed by atoms with Gasteiger partial charge in [0.05, 0.1) is 26.6 Å². The number of urea groups is 1. The van der Waals surface area contributed by atoms with Gasteiger partial charge in [-0.25, -0.2) is 17.8 Å². The monoisotopic (exact) mass is 360 g/mol. The van der Waals surface area contributed by atoms with Gasteiger partial charge in [0.1, 0.15) is 6.21 Å². The zero-order valence-electron chi connectivity index (χ0n) is 14.0. The largest absolute Gasteiger partial charge is 0.500 e. The first-order valence-corrected chi connectivity index (χ1v) is 9.25. The number of nitrogens with zero attached hydrogens (tertiary/aromatic N) is 3. The zero-order chi connectivity index (χ0) is 18.1. The van der Waals surface area contributed by atoms with Crippen LogP contribution >= 0.6 is 0 Å². The van der Waals surface area contributed by atoms with Crippen LogP contribution in [0.3, 0.4) is 0 Å². The topological polar surface area (TPSA) is 104 Å². The molecule has 2 atom stereocenters. The van der Waals surface area contributed by atoms with Crippen molar-refractivity contribution in [2.45, 2.75) is 25.0 Å². The van der Waals surface area contributed by atoms with Crippen molar-refractivity contribution in [2.75, 3.05) is 33.8 Å². The maximum Gasteiger partial charge on any atom is 0.500 e. The Morgan fingerprint density at radius 3 is 2.71 bits per heavy atom. The van der Waals surface area contributed by atoms with E-state index in [1.165, 1.54) is 14.1 Å². The standard InChI is InChI=1S/C14H22N3O6S/c1-4-23-13(19)10-6-5-7-17(8-10)24(21,22)11-9-15(2)14(20)16(3)12(11)18/h9-11H,4-8H2,1-3H3/q+1. The van der Waals surface area contributed by atoms with Gasteiger partial charge in [-0.1, -0.05) is 0 Å². The van der Waals surface area contributed by atoms with E-state index in [-0.39, 0.29) is 19.7 Å². The van der Waals surface area contributed by atoms with Gasteiger partial charge in [0.25, 0.3) is 0 Å². The van der Waals surface area contributed by atoms with Gasteiger partial charge < -0.3 is 4.74 Å². The Kier molecular flexibility index (Phi) is 5.38. The molecule has 24 heavy (non-hydrogen) atoms. The molecular formula is C14H22N3O6S+. The van der Waals surface area contributed by atoms with Crippen molar-refractivity contribution >= 4 is 34.1 Å². The van der Waals surface area contributed by atoms with E-state index in [1.54, 1.807) is 6.92 Å². The van der Waals surface area contributed by atoms with E-state index in [0.29, 0.717) is 12.8 Å². The van der Waals surface area contributed by atoms with Crippen LogP contribution in [0.5, 0.6) is 0 Å². The van der Waals surface area contributed by atoms with Crippen molar-refractivity contribution < 1.29 is 32.1 Å². The van der Waals surface area contributed by atoms with Crippen molar-refractivity contribution in [2.24, 2.45) is 5.92 Å². The van der Waals surface area contributed by atoms with Crippen LogP contribution in [0.1, 0.15) is 19.8 Å². The quantitative estimate of drug-likeness (QED) is 0.483. The summed E-state index contributed by atoms with van der Waals surface area (Å²) in [6, 6.07) is -0.588. The molecule has 2 aliphatic rings. The molecule has 0 aliphatic carbocycles. The Morgan fingerprint density at radius 1 is 1.42 bits per heavy atom. The van der Waals surface area contributed by atoms with Gasteiger partial charge >= 0.3 is 17.9 Å². The molecule has 9 nitrogen and oxygen atoms in total. The van der Waals surface area contributed by atoms with Crippen LogP contribution in [0.4, 0.5) is 4.79 Å². The molecule has 0 aromatic rings.